The molecule has 0 radical (unpaired) electrons. The van der Waals surface area contributed by atoms with Crippen LogP contribution in [-0.4, -0.2) is 97.5 Å². The maximum atomic E-state index is 16.2. The van der Waals surface area contributed by atoms with E-state index in [2.05, 4.69) is 26.1 Å². The topological polar surface area (TPSA) is 126 Å². The fraction of sp³-hybridized carbons (Fsp3) is 0.500. The van der Waals surface area contributed by atoms with Gasteiger partial charge in [-0.2, -0.15) is 0 Å². The number of hydrogen-bond acceptors (Lipinski definition) is 9. The van der Waals surface area contributed by atoms with Crippen molar-refractivity contribution in [1.29, 1.82) is 0 Å². The number of benzene rings is 3. The Hall–Kier alpha value is -5.24. The average molecular weight is 799 g/mol. The number of β-lactam (4-membered cyclic amide) rings is 1. The number of phenols is 1. The van der Waals surface area contributed by atoms with Crippen LogP contribution in [0.25, 0.3) is 0 Å². The molecule has 4 fully saturated rings. The molecule has 4 amide bonds. The first-order valence-electron chi connectivity index (χ1n) is 20.7. The van der Waals surface area contributed by atoms with Gasteiger partial charge in [0.1, 0.15) is 17.6 Å². The van der Waals surface area contributed by atoms with Crippen LogP contribution in [0.1, 0.15) is 86.3 Å². The molecule has 14 heteroatoms. The molecule has 0 aliphatic carbocycles. The van der Waals surface area contributed by atoms with Crippen LogP contribution < -0.4 is 24.8 Å². The minimum Gasteiger partial charge on any atom is -0.503 e. The van der Waals surface area contributed by atoms with Crippen molar-refractivity contribution >= 4 is 40.7 Å². The Bertz CT molecular complexity index is 2110. The number of para-hydroxylation sites is 1. The van der Waals surface area contributed by atoms with Gasteiger partial charge in [-0.3, -0.25) is 34.3 Å². The normalized spacial score (nSPS) is 22.6. The zero-order chi connectivity index (χ0) is 40.9. The van der Waals surface area contributed by atoms with Gasteiger partial charge in [0.25, 0.3) is 5.91 Å². The molecule has 0 bridgehead atoms. The van der Waals surface area contributed by atoms with E-state index >= 15 is 4.39 Å². The van der Waals surface area contributed by atoms with E-state index in [0.29, 0.717) is 67.4 Å². The molecule has 0 spiro atoms. The SMILES string of the molecule is CCC1(CC)C(=O)N(c2cccc(F)c2O)[C@H]1c1cc(F)c(N2CCC(CCN3CCN(c4ccc5c(c4)CN([C@H]4CCC(=O)NC4=O)C5=O)CC3)CC2)cc1OC. The van der Waals surface area contributed by atoms with Gasteiger partial charge in [0, 0.05) is 75.1 Å². The third-order valence-electron chi connectivity index (χ3n) is 13.6. The largest absolute Gasteiger partial charge is 0.503 e. The molecule has 5 aliphatic rings. The van der Waals surface area contributed by atoms with Gasteiger partial charge in [0.15, 0.2) is 11.6 Å². The summed E-state index contributed by atoms with van der Waals surface area (Å²) in [5.74, 6) is -1.98. The molecule has 308 valence electrons. The predicted molar refractivity (Wildman–Crippen MR) is 215 cm³/mol. The summed E-state index contributed by atoms with van der Waals surface area (Å²) < 4.78 is 36.5. The lowest BCUT2D eigenvalue weighted by molar-refractivity contribution is -0.141. The quantitative estimate of drug-likeness (QED) is 0.184. The number of aromatic hydroxyl groups is 1. The standard InChI is InChI=1S/C44H52F2N6O6/c1-4-44(5-2)40(52(43(44)57)34-8-6-7-32(45)39(34)54)31-24-33(46)36(25-37(31)58-3)50-17-14-27(15-18-50)13-16-48-19-21-49(22-20-48)29-9-10-30-28(23-29)26-51(42(30)56)35-11-12-38(53)47-41(35)55/h6-10,23-25,27,35,40,54H,4-5,11-22,26H2,1-3H3,(H,47,53,55)/t35-,40-/m0/s1. The second-order valence-corrected chi connectivity index (χ2v) is 16.4. The van der Waals surface area contributed by atoms with Crippen LogP contribution in [0, 0.1) is 23.0 Å². The van der Waals surface area contributed by atoms with E-state index in [0.717, 1.165) is 69.3 Å². The van der Waals surface area contributed by atoms with Crippen LogP contribution in [0.5, 0.6) is 11.5 Å². The number of nitrogens with zero attached hydrogens (tertiary/aromatic N) is 5. The lowest BCUT2D eigenvalue weighted by Crippen LogP contribution is -2.63. The highest BCUT2D eigenvalue weighted by Crippen LogP contribution is 2.59. The molecule has 0 aromatic heterocycles. The molecule has 2 atom stereocenters. The van der Waals surface area contributed by atoms with Gasteiger partial charge in [-0.25, -0.2) is 8.78 Å². The van der Waals surface area contributed by atoms with Gasteiger partial charge >= 0.3 is 0 Å². The summed E-state index contributed by atoms with van der Waals surface area (Å²) in [5.41, 5.74) is 2.76. The van der Waals surface area contributed by atoms with Crippen molar-refractivity contribution in [2.24, 2.45) is 11.3 Å². The minimum atomic E-state index is -0.850. The number of piperazine rings is 1. The van der Waals surface area contributed by atoms with Crippen molar-refractivity contribution in [1.82, 2.24) is 15.1 Å². The Balaban J connectivity index is 0.853. The Morgan fingerprint density at radius 1 is 0.862 bits per heavy atom. The van der Waals surface area contributed by atoms with Crippen molar-refractivity contribution in [3.63, 3.8) is 0 Å². The van der Waals surface area contributed by atoms with Gasteiger partial charge in [0.2, 0.25) is 17.7 Å². The number of anilines is 3. The van der Waals surface area contributed by atoms with Crippen LogP contribution in [-0.2, 0) is 20.9 Å². The van der Waals surface area contributed by atoms with E-state index in [-0.39, 0.29) is 29.8 Å². The molecule has 5 aliphatic heterocycles. The number of ether oxygens (including phenoxy) is 1. The molecule has 58 heavy (non-hydrogen) atoms. The van der Waals surface area contributed by atoms with Crippen LogP contribution in [0.4, 0.5) is 25.8 Å². The Kier molecular flexibility index (Phi) is 10.8. The molecule has 3 aromatic carbocycles. The van der Waals surface area contributed by atoms with Crippen LogP contribution in [0.2, 0.25) is 0 Å². The molecular formula is C44H52F2N6O6. The highest BCUT2D eigenvalue weighted by Gasteiger charge is 2.61. The second-order valence-electron chi connectivity index (χ2n) is 16.4. The van der Waals surface area contributed by atoms with Crippen molar-refractivity contribution in [2.45, 2.75) is 77.4 Å². The Morgan fingerprint density at radius 3 is 2.29 bits per heavy atom. The molecule has 0 saturated carbocycles. The molecule has 4 saturated heterocycles. The smallest absolute Gasteiger partial charge is 0.255 e. The number of carbonyl (C=O) groups is 4. The van der Waals surface area contributed by atoms with Crippen molar-refractivity contribution in [3.05, 3.63) is 76.9 Å². The second kappa shape index (κ2) is 15.8. The lowest BCUT2D eigenvalue weighted by atomic mass is 9.64. The molecule has 12 nitrogen and oxygen atoms in total. The first-order valence-corrected chi connectivity index (χ1v) is 20.7. The predicted octanol–water partition coefficient (Wildman–Crippen LogP) is 5.76. The van der Waals surface area contributed by atoms with Crippen LogP contribution >= 0.6 is 0 Å². The number of amides is 4. The maximum Gasteiger partial charge on any atom is 0.255 e. The molecule has 5 heterocycles. The van der Waals surface area contributed by atoms with Gasteiger partial charge in [-0.1, -0.05) is 19.9 Å². The van der Waals surface area contributed by atoms with Crippen molar-refractivity contribution < 1.29 is 37.8 Å². The Morgan fingerprint density at radius 2 is 1.60 bits per heavy atom. The van der Waals surface area contributed by atoms with E-state index in [1.807, 2.05) is 26.0 Å². The minimum absolute atomic E-state index is 0.0578. The Labute approximate surface area is 337 Å². The number of nitrogens with one attached hydrogen (secondary N) is 1. The van der Waals surface area contributed by atoms with Crippen LogP contribution in [0.15, 0.2) is 48.5 Å². The fourth-order valence-corrected chi connectivity index (χ4v) is 9.98. The number of methoxy groups -OCH3 is 1. The zero-order valence-corrected chi connectivity index (χ0v) is 33.4. The summed E-state index contributed by atoms with van der Waals surface area (Å²) in [7, 11) is 1.53. The molecule has 0 unspecified atom stereocenters. The molecule has 3 aromatic rings. The summed E-state index contributed by atoms with van der Waals surface area (Å²) >= 11 is 0. The number of imide groups is 1. The lowest BCUT2D eigenvalue weighted by Gasteiger charge is -2.56. The van der Waals surface area contributed by atoms with E-state index < -0.39 is 40.8 Å². The highest BCUT2D eigenvalue weighted by atomic mass is 19.1. The number of carbonyl (C=O) groups excluding carboxylic acids is 4. The number of fused-ring (bicyclic) bond motifs is 1. The molecular weight excluding hydrogens is 747 g/mol. The van der Waals surface area contributed by atoms with Crippen molar-refractivity contribution in [3.8, 4) is 11.5 Å². The summed E-state index contributed by atoms with van der Waals surface area (Å²) in [4.78, 5) is 60.8. The summed E-state index contributed by atoms with van der Waals surface area (Å²) in [6, 6.07) is 11.9. The number of rotatable bonds is 11. The first kappa shape index (κ1) is 39.6. The summed E-state index contributed by atoms with van der Waals surface area (Å²) in [5, 5.41) is 12.9. The summed E-state index contributed by atoms with van der Waals surface area (Å²) in [6.07, 6.45) is 4.49. The van der Waals surface area contributed by atoms with Crippen molar-refractivity contribution in [2.75, 3.05) is 67.6 Å². The fourth-order valence-electron chi connectivity index (χ4n) is 9.98. The van der Waals surface area contributed by atoms with E-state index in [1.54, 1.807) is 11.0 Å². The zero-order valence-electron chi connectivity index (χ0n) is 33.4. The molecule has 2 N–H and O–H groups in total. The van der Waals surface area contributed by atoms with Gasteiger partial charge in [-0.05, 0) is 92.9 Å². The van der Waals surface area contributed by atoms with E-state index in [1.165, 1.54) is 30.2 Å². The number of hydrogen-bond donors (Lipinski definition) is 2. The maximum absolute atomic E-state index is 16.2. The number of halogens is 2. The summed E-state index contributed by atoms with van der Waals surface area (Å²) in [6.45, 7) is 10.2. The average Bonchev–Trinajstić information content (AvgIpc) is 3.56. The third-order valence-corrected chi connectivity index (χ3v) is 13.6. The van der Waals surface area contributed by atoms with E-state index in [9.17, 15) is 28.7 Å². The molecule has 8 rings (SSSR count). The highest BCUT2D eigenvalue weighted by molar-refractivity contribution is 6.07. The van der Waals surface area contributed by atoms with Gasteiger partial charge in [-0.15, -0.1) is 0 Å². The van der Waals surface area contributed by atoms with Gasteiger partial charge in [0.05, 0.1) is 29.9 Å². The number of piperidine rings is 2. The number of phenolic OH excluding ortho intramolecular Hbond substituents is 1. The third kappa shape index (κ3) is 6.82. The van der Waals surface area contributed by atoms with Crippen LogP contribution in [0.3, 0.4) is 0 Å². The van der Waals surface area contributed by atoms with E-state index in [4.69, 9.17) is 4.74 Å². The monoisotopic (exact) mass is 798 g/mol. The van der Waals surface area contributed by atoms with Gasteiger partial charge < -0.3 is 24.5 Å². The first-order chi connectivity index (χ1) is 28.0.